The average Bonchev–Trinajstić information content (AvgIpc) is 2.38. The second-order valence-electron chi connectivity index (χ2n) is 3.34. The van der Waals surface area contributed by atoms with Crippen molar-refractivity contribution in [1.29, 1.82) is 0 Å². The van der Waals surface area contributed by atoms with Crippen molar-refractivity contribution in [3.05, 3.63) is 29.8 Å². The number of ether oxygens (including phenoxy) is 1. The average molecular weight is 240 g/mol. The van der Waals surface area contributed by atoms with Crippen molar-refractivity contribution < 1.29 is 24.3 Å². The lowest BCUT2D eigenvalue weighted by Crippen LogP contribution is -2.07. The molecule has 0 aliphatic rings. The Kier molecular flexibility index (Phi) is 6.06. The van der Waals surface area contributed by atoms with E-state index in [-0.39, 0.29) is 0 Å². The molecule has 5 heteroatoms. The van der Waals surface area contributed by atoms with Crippen molar-refractivity contribution in [3.8, 4) is 5.75 Å². The molecule has 0 aliphatic heterocycles. The molecule has 5 nitrogen and oxygen atoms in total. The smallest absolute Gasteiger partial charge is 0.376 e. The molecule has 0 heterocycles. The molecule has 1 aromatic rings. The summed E-state index contributed by atoms with van der Waals surface area (Å²) in [6, 6.07) is 6.48. The van der Waals surface area contributed by atoms with Crippen LogP contribution < -0.4 is 4.74 Å². The van der Waals surface area contributed by atoms with Crippen molar-refractivity contribution in [2.75, 3.05) is 13.7 Å². The van der Waals surface area contributed by atoms with E-state index in [9.17, 15) is 4.79 Å². The molecule has 0 amide bonds. The van der Waals surface area contributed by atoms with Gasteiger partial charge in [-0.3, -0.25) is 4.89 Å². The maximum absolute atomic E-state index is 11.4. The summed E-state index contributed by atoms with van der Waals surface area (Å²) < 4.78 is 4.97. The van der Waals surface area contributed by atoms with Crippen LogP contribution in [0.5, 0.6) is 5.75 Å². The Morgan fingerprint density at radius 2 is 1.94 bits per heavy atom. The third kappa shape index (κ3) is 4.84. The number of methoxy groups -OCH3 is 1. The molecular weight excluding hydrogens is 224 g/mol. The normalized spacial score (nSPS) is 10.0. The zero-order valence-corrected chi connectivity index (χ0v) is 9.97. The van der Waals surface area contributed by atoms with Gasteiger partial charge >= 0.3 is 5.97 Å². The number of rotatable bonds is 7. The fraction of sp³-hybridized carbons (Fsp3) is 0.417. The molecule has 0 fully saturated rings. The van der Waals surface area contributed by atoms with Crippen molar-refractivity contribution in [1.82, 2.24) is 0 Å². The number of carbonyl (C=O) groups is 1. The molecule has 0 aliphatic carbocycles. The fourth-order valence-corrected chi connectivity index (χ4v) is 1.07. The molecule has 94 valence electrons. The van der Waals surface area contributed by atoms with Gasteiger partial charge in [0.05, 0.1) is 19.3 Å². The standard InChI is InChI=1S/C12H16O5/c1-3-4-9-15-17-16-12(13)10-5-7-11(14-2)8-6-10/h5-8H,3-4,9H2,1-2H3. The second-order valence-corrected chi connectivity index (χ2v) is 3.34. The van der Waals surface area contributed by atoms with Crippen LogP contribution in [0.25, 0.3) is 0 Å². The Balaban J connectivity index is 2.31. The Morgan fingerprint density at radius 3 is 2.53 bits per heavy atom. The molecule has 1 aromatic carbocycles. The molecule has 0 saturated heterocycles. The molecule has 17 heavy (non-hydrogen) atoms. The minimum absolute atomic E-state index is 0.366. The number of hydrogen-bond donors (Lipinski definition) is 0. The van der Waals surface area contributed by atoms with Gasteiger partial charge in [-0.2, -0.15) is 4.89 Å². The molecular formula is C12H16O5. The quantitative estimate of drug-likeness (QED) is 0.416. The Labute approximate surface area is 100 Å². The summed E-state index contributed by atoms with van der Waals surface area (Å²) in [7, 11) is 1.55. The third-order valence-corrected chi connectivity index (χ3v) is 2.06. The summed E-state index contributed by atoms with van der Waals surface area (Å²) in [5.74, 6) is 0.0609. The molecule has 0 saturated carbocycles. The van der Waals surface area contributed by atoms with Crippen molar-refractivity contribution in [3.63, 3.8) is 0 Å². The first-order valence-electron chi connectivity index (χ1n) is 5.42. The zero-order chi connectivity index (χ0) is 12.5. The van der Waals surface area contributed by atoms with Gasteiger partial charge in [0.2, 0.25) is 0 Å². The van der Waals surface area contributed by atoms with E-state index in [4.69, 9.17) is 4.74 Å². The molecule has 0 N–H and O–H groups in total. The fourth-order valence-electron chi connectivity index (χ4n) is 1.07. The van der Waals surface area contributed by atoms with Gasteiger partial charge < -0.3 is 4.74 Å². The molecule has 0 atom stereocenters. The van der Waals surface area contributed by atoms with Crippen LogP contribution in [0, 0.1) is 0 Å². The minimum atomic E-state index is -0.607. The highest BCUT2D eigenvalue weighted by atomic mass is 17.5. The van der Waals surface area contributed by atoms with Gasteiger partial charge in [-0.25, -0.2) is 4.79 Å². The highest BCUT2D eigenvalue weighted by molar-refractivity contribution is 5.89. The third-order valence-electron chi connectivity index (χ3n) is 2.06. The van der Waals surface area contributed by atoms with Gasteiger partial charge in [-0.05, 0) is 35.7 Å². The Hall–Kier alpha value is -1.59. The van der Waals surface area contributed by atoms with Crippen LogP contribution in [0.4, 0.5) is 0 Å². The monoisotopic (exact) mass is 240 g/mol. The maximum atomic E-state index is 11.4. The Bertz CT molecular complexity index is 333. The first kappa shape index (κ1) is 13.5. The van der Waals surface area contributed by atoms with Crippen LogP contribution in [0.1, 0.15) is 30.1 Å². The van der Waals surface area contributed by atoms with Crippen LogP contribution in [0.15, 0.2) is 24.3 Å². The number of unbranched alkanes of at least 4 members (excludes halogenated alkanes) is 1. The lowest BCUT2D eigenvalue weighted by atomic mass is 10.2. The van der Waals surface area contributed by atoms with Gasteiger partial charge in [0.1, 0.15) is 5.75 Å². The molecule has 0 aromatic heterocycles. The van der Waals surface area contributed by atoms with Gasteiger partial charge in [0, 0.05) is 0 Å². The first-order chi connectivity index (χ1) is 8.27. The highest BCUT2D eigenvalue weighted by Gasteiger charge is 2.08. The van der Waals surface area contributed by atoms with Crippen molar-refractivity contribution >= 4 is 5.97 Å². The van der Waals surface area contributed by atoms with E-state index in [1.807, 2.05) is 6.92 Å². The van der Waals surface area contributed by atoms with E-state index in [0.29, 0.717) is 17.9 Å². The van der Waals surface area contributed by atoms with E-state index in [0.717, 1.165) is 12.8 Å². The highest BCUT2D eigenvalue weighted by Crippen LogP contribution is 2.12. The van der Waals surface area contributed by atoms with E-state index < -0.39 is 5.97 Å². The molecule has 0 radical (unpaired) electrons. The topological polar surface area (TPSA) is 54.0 Å². The molecule has 0 spiro atoms. The largest absolute Gasteiger partial charge is 0.497 e. The molecule has 1 rings (SSSR count). The zero-order valence-electron chi connectivity index (χ0n) is 9.97. The SMILES string of the molecule is CCCCOOOC(=O)c1ccc(OC)cc1. The second kappa shape index (κ2) is 7.65. The maximum Gasteiger partial charge on any atom is 0.376 e. The van der Waals surface area contributed by atoms with E-state index in [1.165, 1.54) is 0 Å². The van der Waals surface area contributed by atoms with Crippen LogP contribution in [0.3, 0.4) is 0 Å². The summed E-state index contributed by atoms with van der Waals surface area (Å²) in [6.45, 7) is 2.42. The lowest BCUT2D eigenvalue weighted by molar-refractivity contribution is -0.481. The van der Waals surface area contributed by atoms with Crippen LogP contribution >= 0.6 is 0 Å². The number of carbonyl (C=O) groups excluding carboxylic acids is 1. The minimum Gasteiger partial charge on any atom is -0.497 e. The van der Waals surface area contributed by atoms with Gasteiger partial charge in [0.15, 0.2) is 0 Å². The molecule has 0 unspecified atom stereocenters. The first-order valence-corrected chi connectivity index (χ1v) is 5.42. The predicted molar refractivity (Wildman–Crippen MR) is 60.4 cm³/mol. The summed E-state index contributed by atoms with van der Waals surface area (Å²) in [4.78, 5) is 20.5. The van der Waals surface area contributed by atoms with Crippen molar-refractivity contribution in [2.24, 2.45) is 0 Å². The van der Waals surface area contributed by atoms with Crippen molar-refractivity contribution in [2.45, 2.75) is 19.8 Å². The summed E-state index contributed by atoms with van der Waals surface area (Å²) in [5, 5.41) is 4.33. The van der Waals surface area contributed by atoms with Gasteiger partial charge in [0.25, 0.3) is 0 Å². The summed E-state index contributed by atoms with van der Waals surface area (Å²) in [5.41, 5.74) is 0.366. The number of benzene rings is 1. The van der Waals surface area contributed by atoms with E-state index >= 15 is 0 Å². The van der Waals surface area contributed by atoms with Gasteiger partial charge in [-0.15, -0.1) is 0 Å². The number of hydrogen-bond acceptors (Lipinski definition) is 5. The molecule has 0 bridgehead atoms. The Morgan fingerprint density at radius 1 is 1.24 bits per heavy atom. The van der Waals surface area contributed by atoms with Crippen LogP contribution in [0.2, 0.25) is 0 Å². The summed E-state index contributed by atoms with van der Waals surface area (Å²) >= 11 is 0. The van der Waals surface area contributed by atoms with Crippen LogP contribution in [-0.2, 0) is 14.8 Å². The lowest BCUT2D eigenvalue weighted by Gasteiger charge is -2.03. The van der Waals surface area contributed by atoms with E-state index in [2.05, 4.69) is 14.8 Å². The van der Waals surface area contributed by atoms with Gasteiger partial charge in [-0.1, -0.05) is 13.3 Å². The van der Waals surface area contributed by atoms with Crippen LogP contribution in [-0.4, -0.2) is 19.7 Å². The van der Waals surface area contributed by atoms with E-state index in [1.54, 1.807) is 31.4 Å². The predicted octanol–water partition coefficient (Wildman–Crippen LogP) is 2.52. The summed E-state index contributed by atoms with van der Waals surface area (Å²) in [6.07, 6.45) is 1.83.